The van der Waals surface area contributed by atoms with Crippen molar-refractivity contribution < 1.29 is 66.3 Å². The quantitative estimate of drug-likeness (QED) is 0.0341. The molecule has 0 unspecified atom stereocenters. The molecule has 16 heteroatoms. The zero-order valence-electron chi connectivity index (χ0n) is 73.4. The molecule has 0 amide bonds. The lowest BCUT2D eigenvalue weighted by Crippen LogP contribution is -2.37. The predicted molar refractivity (Wildman–Crippen MR) is 482 cm³/mol. The number of likely N-dealkylation sites (N-methyl/N-ethyl adjacent to an activating group) is 2. The van der Waals surface area contributed by atoms with Crippen LogP contribution in [0.3, 0.4) is 0 Å². The topological polar surface area (TPSA) is 136 Å². The highest BCUT2D eigenvalue weighted by molar-refractivity contribution is 5.89. The van der Waals surface area contributed by atoms with Gasteiger partial charge in [-0.15, -0.1) is 0 Å². The van der Waals surface area contributed by atoms with Crippen molar-refractivity contribution in [3.8, 4) is 33.4 Å². The van der Waals surface area contributed by atoms with Crippen molar-refractivity contribution in [2.75, 3.05) is 221 Å². The molecule has 0 aromatic heterocycles. The first kappa shape index (κ1) is 92.3. The molecule has 3 aliphatic carbocycles. The molecule has 16 nitrogen and oxygen atoms in total. The molecule has 15 rings (SSSR count). The maximum absolute atomic E-state index is 6.21. The zero-order valence-corrected chi connectivity index (χ0v) is 73.4. The summed E-state index contributed by atoms with van der Waals surface area (Å²) in [6.07, 6.45) is 0.850. The Morgan fingerprint density at radius 3 is 0.825 bits per heavy atom. The maximum Gasteiger partial charge on any atom is 0.0718 e. The molecule has 120 heavy (non-hydrogen) atoms. The number of methoxy groups -OCH3 is 4. The van der Waals surface area contributed by atoms with E-state index in [1.54, 1.807) is 28.4 Å². The van der Waals surface area contributed by atoms with Gasteiger partial charge in [0.05, 0.1) is 175 Å². The van der Waals surface area contributed by atoms with Gasteiger partial charge in [-0.3, -0.25) is 0 Å². The van der Waals surface area contributed by atoms with Crippen LogP contribution in [-0.2, 0) is 95.6 Å². The molecule has 640 valence electrons. The van der Waals surface area contributed by atoms with Crippen LogP contribution < -0.4 is 0 Å². The number of rotatable bonds is 37. The standard InChI is InChI=1S/C40H48O6.C27H38O6.C27H22.2C5H11NO/c1-30-5-15-36-37-16-6-31(2)28-39(37)40(38(36)27-30,35-13-9-33(10-14-35)29-46-26-25-45-22-20-42-4)34-11-7-32(8-12-34)17-18-43-23-24-44-21-19-41-3;1-21-5-7-23-24-8-6-22(2)18-26(24)27(25(23)17-21,19-32-15-13-30-11-9-28-3)20-33-16-14-31-12-10-29-4;1-19-13-15-23-24-16-14-20(2)18-26(24)27(25(23)17-19,21-9-5-3-6-10-21)22-11-7-4-8-12-22;2*1-6-2-4-7-5-3-6/h5-16,27-28H,17-26,29H2,1-4H3;5-8,17-18H,9-16,19-20H2,1-4H3;3-18H,1-2H3;2*2-5H2,1H3. The van der Waals surface area contributed by atoms with Gasteiger partial charge in [0.15, 0.2) is 0 Å². The molecule has 5 aliphatic rings. The number of aryl methyl sites for hydroxylation is 6. The summed E-state index contributed by atoms with van der Waals surface area (Å²) in [5.74, 6) is 0. The van der Waals surface area contributed by atoms with Gasteiger partial charge in [-0.05, 0) is 162 Å². The van der Waals surface area contributed by atoms with E-state index >= 15 is 0 Å². The molecule has 0 N–H and O–H groups in total. The van der Waals surface area contributed by atoms with Crippen molar-refractivity contribution in [3.05, 3.63) is 319 Å². The minimum atomic E-state index is -0.439. The van der Waals surface area contributed by atoms with Gasteiger partial charge in [0.25, 0.3) is 0 Å². The summed E-state index contributed by atoms with van der Waals surface area (Å²) in [6, 6.07) is 81.0. The molecule has 10 aromatic rings. The first-order chi connectivity index (χ1) is 58.7. The molecule has 0 atom stereocenters. The number of hydrogen-bond donors (Lipinski definition) is 0. The Balaban J connectivity index is 0.000000166. The molecule has 2 aliphatic heterocycles. The lowest BCUT2D eigenvalue weighted by molar-refractivity contribution is -0.0145. The lowest BCUT2D eigenvalue weighted by Gasteiger charge is -2.34. The third-order valence-electron chi connectivity index (χ3n) is 22.9. The molecule has 0 spiro atoms. The second-order valence-corrected chi connectivity index (χ2v) is 31.8. The van der Waals surface area contributed by atoms with Crippen LogP contribution in [0.5, 0.6) is 0 Å². The van der Waals surface area contributed by atoms with Crippen LogP contribution >= 0.6 is 0 Å². The highest BCUT2D eigenvalue weighted by atomic mass is 16.6. The van der Waals surface area contributed by atoms with Crippen molar-refractivity contribution in [2.24, 2.45) is 0 Å². The summed E-state index contributed by atoms with van der Waals surface area (Å²) in [5, 5.41) is 0. The molecule has 2 fully saturated rings. The average molecular weight is 1630 g/mol. The third kappa shape index (κ3) is 23.9. The van der Waals surface area contributed by atoms with Crippen LogP contribution in [0, 0.1) is 41.5 Å². The summed E-state index contributed by atoms with van der Waals surface area (Å²) in [4.78, 5) is 4.53. The number of ether oxygens (including phenoxy) is 14. The minimum absolute atomic E-state index is 0.273. The lowest BCUT2D eigenvalue weighted by atomic mass is 9.67. The average Bonchev–Trinajstić information content (AvgIpc) is 1.57. The van der Waals surface area contributed by atoms with Crippen LogP contribution in [0.1, 0.15) is 100 Å². The molecule has 10 aromatic carbocycles. The fourth-order valence-electron chi connectivity index (χ4n) is 16.6. The Kier molecular flexibility index (Phi) is 36.8. The zero-order chi connectivity index (χ0) is 84.4. The number of nitrogens with zero attached hydrogens (tertiary/aromatic N) is 2. The fraction of sp³-hybridized carbons (Fsp3) is 0.423. The Morgan fingerprint density at radius 1 is 0.267 bits per heavy atom. The van der Waals surface area contributed by atoms with Crippen molar-refractivity contribution in [1.29, 1.82) is 0 Å². The minimum Gasteiger partial charge on any atom is -0.382 e. The molecule has 2 saturated heterocycles. The number of fused-ring (bicyclic) bond motifs is 9. The Hall–Kier alpha value is -8.44. The van der Waals surface area contributed by atoms with Gasteiger partial charge >= 0.3 is 0 Å². The van der Waals surface area contributed by atoms with Gasteiger partial charge in [0, 0.05) is 54.6 Å². The van der Waals surface area contributed by atoms with Gasteiger partial charge < -0.3 is 76.1 Å². The van der Waals surface area contributed by atoms with Crippen molar-refractivity contribution >= 4 is 0 Å². The van der Waals surface area contributed by atoms with E-state index in [4.69, 9.17) is 66.3 Å². The highest BCUT2D eigenvalue weighted by Gasteiger charge is 2.49. The highest BCUT2D eigenvalue weighted by Crippen LogP contribution is 2.59. The fourth-order valence-corrected chi connectivity index (χ4v) is 16.6. The summed E-state index contributed by atoms with van der Waals surface area (Å²) in [5.41, 5.74) is 29.8. The second kappa shape index (κ2) is 47.8. The van der Waals surface area contributed by atoms with Crippen molar-refractivity contribution in [3.63, 3.8) is 0 Å². The van der Waals surface area contributed by atoms with Crippen LogP contribution in [0.15, 0.2) is 218 Å². The van der Waals surface area contributed by atoms with Gasteiger partial charge in [-0.1, -0.05) is 252 Å². The first-order valence-corrected chi connectivity index (χ1v) is 42.8. The van der Waals surface area contributed by atoms with Crippen LogP contribution in [0.25, 0.3) is 33.4 Å². The van der Waals surface area contributed by atoms with Crippen LogP contribution in [0.2, 0.25) is 0 Å². The molecule has 0 radical (unpaired) electrons. The van der Waals surface area contributed by atoms with E-state index in [1.165, 1.54) is 128 Å². The molecule has 0 saturated carbocycles. The summed E-state index contributed by atoms with van der Waals surface area (Å²) in [7, 11) is 10.9. The normalized spacial score (nSPS) is 14.9. The van der Waals surface area contributed by atoms with Gasteiger partial charge in [0.2, 0.25) is 0 Å². The maximum atomic E-state index is 6.21. The SMILES string of the molecule is CN1CCOCC1.CN1CCOCC1.COCCOCCOCC1(COCCOCCOC)c2cc(C)ccc2-c2ccc(C)cc21.COCCOCCOCCc1ccc(C2(c3ccc(COCCOCCOC)cc3)c3cc(C)ccc3-c3ccc(C)cc32)cc1.Cc1ccc2c(c1)C(c1ccccc1)(c1ccccc1)c1cc(C)ccc1-2. The summed E-state index contributed by atoms with van der Waals surface area (Å²) in [6.45, 7) is 32.4. The van der Waals surface area contributed by atoms with Gasteiger partial charge in [0.1, 0.15) is 0 Å². The van der Waals surface area contributed by atoms with E-state index in [0.717, 1.165) is 64.6 Å². The molecule has 2 heterocycles. The van der Waals surface area contributed by atoms with Gasteiger partial charge in [-0.25, -0.2) is 0 Å². The number of benzene rings is 10. The predicted octanol–water partition coefficient (Wildman–Crippen LogP) is 17.6. The van der Waals surface area contributed by atoms with Crippen LogP contribution in [0.4, 0.5) is 0 Å². The molecular formula is C104H130N2O14. The molecule has 0 bridgehead atoms. The van der Waals surface area contributed by atoms with E-state index in [0.29, 0.717) is 132 Å². The number of hydrogen-bond acceptors (Lipinski definition) is 16. The smallest absolute Gasteiger partial charge is 0.0718 e. The van der Waals surface area contributed by atoms with Crippen LogP contribution in [-0.4, -0.2) is 230 Å². The third-order valence-corrected chi connectivity index (χ3v) is 22.9. The van der Waals surface area contributed by atoms with Crippen molar-refractivity contribution in [1.82, 2.24) is 9.80 Å². The van der Waals surface area contributed by atoms with E-state index < -0.39 is 5.41 Å². The summed E-state index contributed by atoms with van der Waals surface area (Å²) >= 11 is 0. The van der Waals surface area contributed by atoms with E-state index in [1.807, 2.05) is 0 Å². The van der Waals surface area contributed by atoms with E-state index in [9.17, 15) is 0 Å². The Bertz CT molecular complexity index is 4470. The van der Waals surface area contributed by atoms with E-state index in [-0.39, 0.29) is 10.8 Å². The first-order valence-electron chi connectivity index (χ1n) is 42.8. The largest absolute Gasteiger partial charge is 0.382 e. The van der Waals surface area contributed by atoms with E-state index in [2.05, 4.69) is 284 Å². The monoisotopic (exact) mass is 1630 g/mol. The Labute approximate surface area is 715 Å². The summed E-state index contributed by atoms with van der Waals surface area (Å²) < 4.78 is 76.7. The number of morpholine rings is 2. The molecular weight excluding hydrogens is 1500 g/mol. The Morgan fingerprint density at radius 2 is 0.525 bits per heavy atom. The van der Waals surface area contributed by atoms with Crippen molar-refractivity contribution in [2.45, 2.75) is 70.8 Å². The second-order valence-electron chi connectivity index (χ2n) is 31.8. The van der Waals surface area contributed by atoms with Gasteiger partial charge in [-0.2, -0.15) is 0 Å².